The zero-order chi connectivity index (χ0) is 18.0. The van der Waals surface area contributed by atoms with E-state index in [0.717, 1.165) is 11.1 Å². The summed E-state index contributed by atoms with van der Waals surface area (Å²) in [6, 6.07) is 9.04. The maximum Gasteiger partial charge on any atom is 0.256 e. The maximum absolute atomic E-state index is 12.5. The molecule has 0 spiro atoms. The summed E-state index contributed by atoms with van der Waals surface area (Å²) < 4.78 is 21.4. The first kappa shape index (κ1) is 16.7. The molecule has 1 aliphatic rings. The molecule has 0 unspecified atom stereocenters. The summed E-state index contributed by atoms with van der Waals surface area (Å²) in [5.74, 6) is 2.08. The van der Waals surface area contributed by atoms with Gasteiger partial charge in [-0.25, -0.2) is 0 Å². The van der Waals surface area contributed by atoms with Crippen LogP contribution >= 0.6 is 0 Å². The molecule has 3 rings (SSSR count). The smallest absolute Gasteiger partial charge is 0.256 e. The van der Waals surface area contributed by atoms with Crippen LogP contribution in [0.5, 0.6) is 23.0 Å². The average molecular weight is 341 g/mol. The molecule has 0 aliphatic carbocycles. The second kappa shape index (κ2) is 6.76. The van der Waals surface area contributed by atoms with Gasteiger partial charge in [0.2, 0.25) is 0 Å². The predicted octanol–water partition coefficient (Wildman–Crippen LogP) is 3.21. The van der Waals surface area contributed by atoms with Crippen LogP contribution in [0.15, 0.2) is 30.3 Å². The Balaban J connectivity index is 2.15. The van der Waals surface area contributed by atoms with Gasteiger partial charge in [-0.3, -0.25) is 4.79 Å². The highest BCUT2D eigenvalue weighted by Gasteiger charge is 2.27. The van der Waals surface area contributed by atoms with Gasteiger partial charge in [0.25, 0.3) is 5.91 Å². The number of anilines is 1. The van der Waals surface area contributed by atoms with Crippen LogP contribution in [0.2, 0.25) is 0 Å². The molecule has 0 aromatic heterocycles. The molecular weight excluding hydrogens is 322 g/mol. The molecule has 2 aromatic carbocycles. The molecule has 1 aliphatic heterocycles. The SMILES string of the molecule is COc1cc2c(cc1OC)C(=Cc1cccc(OC)c1OC)C(=O)N2. The van der Waals surface area contributed by atoms with Gasteiger partial charge in [0.15, 0.2) is 23.0 Å². The number of nitrogens with one attached hydrogen (secondary N) is 1. The number of para-hydroxylation sites is 1. The van der Waals surface area contributed by atoms with E-state index in [1.165, 1.54) is 0 Å². The van der Waals surface area contributed by atoms with E-state index in [-0.39, 0.29) is 5.91 Å². The highest BCUT2D eigenvalue weighted by Crippen LogP contribution is 2.42. The van der Waals surface area contributed by atoms with Gasteiger partial charge >= 0.3 is 0 Å². The number of amides is 1. The molecule has 25 heavy (non-hydrogen) atoms. The fourth-order valence-electron chi connectivity index (χ4n) is 2.84. The first-order valence-corrected chi connectivity index (χ1v) is 7.63. The summed E-state index contributed by atoms with van der Waals surface area (Å²) in [5.41, 5.74) is 2.68. The highest BCUT2D eigenvalue weighted by atomic mass is 16.5. The van der Waals surface area contributed by atoms with Crippen molar-refractivity contribution in [2.24, 2.45) is 0 Å². The molecule has 1 amide bonds. The summed E-state index contributed by atoms with van der Waals surface area (Å²) in [6.45, 7) is 0. The topological polar surface area (TPSA) is 66.0 Å². The quantitative estimate of drug-likeness (QED) is 0.846. The number of ether oxygens (including phenoxy) is 4. The summed E-state index contributed by atoms with van der Waals surface area (Å²) in [7, 11) is 6.25. The van der Waals surface area contributed by atoms with E-state index in [1.807, 2.05) is 12.1 Å². The standard InChI is InChI=1S/C19H19NO5/c1-22-15-7-5-6-11(18(15)25-4)8-13-12-9-16(23-2)17(24-3)10-14(12)20-19(13)21/h5-10H,1-4H3,(H,20,21). The summed E-state index contributed by atoms with van der Waals surface area (Å²) >= 11 is 0. The normalized spacial score (nSPS) is 14.1. The van der Waals surface area contributed by atoms with Crippen molar-refractivity contribution in [1.29, 1.82) is 0 Å². The van der Waals surface area contributed by atoms with Crippen LogP contribution in [0, 0.1) is 0 Å². The maximum atomic E-state index is 12.5. The van der Waals surface area contributed by atoms with Gasteiger partial charge in [0.05, 0.1) is 34.1 Å². The number of rotatable bonds is 5. The van der Waals surface area contributed by atoms with Crippen LogP contribution in [-0.2, 0) is 4.79 Å². The highest BCUT2D eigenvalue weighted by molar-refractivity contribution is 6.35. The molecule has 6 nitrogen and oxygen atoms in total. The molecule has 0 radical (unpaired) electrons. The Labute approximate surface area is 146 Å². The third kappa shape index (κ3) is 2.87. The van der Waals surface area contributed by atoms with E-state index in [2.05, 4.69) is 5.32 Å². The summed E-state index contributed by atoms with van der Waals surface area (Å²) in [5, 5.41) is 2.84. The van der Waals surface area contributed by atoms with Crippen LogP contribution in [0.3, 0.4) is 0 Å². The number of benzene rings is 2. The van der Waals surface area contributed by atoms with Crippen molar-refractivity contribution in [2.75, 3.05) is 33.8 Å². The number of hydrogen-bond acceptors (Lipinski definition) is 5. The fourth-order valence-corrected chi connectivity index (χ4v) is 2.84. The molecule has 1 N–H and O–H groups in total. The van der Waals surface area contributed by atoms with Crippen LogP contribution in [0.4, 0.5) is 5.69 Å². The van der Waals surface area contributed by atoms with Gasteiger partial charge in [-0.05, 0) is 18.2 Å². The van der Waals surface area contributed by atoms with Crippen molar-refractivity contribution in [3.05, 3.63) is 41.5 Å². The number of carbonyl (C=O) groups is 1. The third-order valence-electron chi connectivity index (χ3n) is 4.04. The Morgan fingerprint density at radius 3 is 2.20 bits per heavy atom. The Kier molecular flexibility index (Phi) is 4.52. The lowest BCUT2D eigenvalue weighted by molar-refractivity contribution is -0.110. The van der Waals surface area contributed by atoms with E-state index in [0.29, 0.717) is 34.3 Å². The van der Waals surface area contributed by atoms with Crippen LogP contribution in [0.25, 0.3) is 11.6 Å². The van der Waals surface area contributed by atoms with E-state index in [9.17, 15) is 4.79 Å². The van der Waals surface area contributed by atoms with E-state index >= 15 is 0 Å². The van der Waals surface area contributed by atoms with E-state index in [1.54, 1.807) is 52.7 Å². The predicted molar refractivity (Wildman–Crippen MR) is 95.6 cm³/mol. The average Bonchev–Trinajstić information content (AvgIpc) is 2.94. The minimum absolute atomic E-state index is 0.199. The number of carbonyl (C=O) groups excluding carboxylic acids is 1. The lowest BCUT2D eigenvalue weighted by Crippen LogP contribution is -2.03. The van der Waals surface area contributed by atoms with Crippen LogP contribution < -0.4 is 24.3 Å². The number of methoxy groups -OCH3 is 4. The molecule has 6 heteroatoms. The van der Waals surface area contributed by atoms with E-state index < -0.39 is 0 Å². The summed E-state index contributed by atoms with van der Waals surface area (Å²) in [4.78, 5) is 12.5. The van der Waals surface area contributed by atoms with Crippen molar-refractivity contribution in [2.45, 2.75) is 0 Å². The molecular formula is C19H19NO5. The Morgan fingerprint density at radius 2 is 1.56 bits per heavy atom. The number of fused-ring (bicyclic) bond motifs is 1. The molecule has 1 heterocycles. The molecule has 0 fully saturated rings. The Hall–Kier alpha value is -3.15. The van der Waals surface area contributed by atoms with Crippen molar-refractivity contribution in [1.82, 2.24) is 0 Å². The fraction of sp³-hybridized carbons (Fsp3) is 0.211. The van der Waals surface area contributed by atoms with Gasteiger partial charge in [0, 0.05) is 22.8 Å². The Bertz CT molecular complexity index is 857. The third-order valence-corrected chi connectivity index (χ3v) is 4.04. The number of hydrogen-bond donors (Lipinski definition) is 1. The first-order valence-electron chi connectivity index (χ1n) is 7.63. The Morgan fingerprint density at radius 1 is 0.880 bits per heavy atom. The van der Waals surface area contributed by atoms with Crippen molar-refractivity contribution in [3.8, 4) is 23.0 Å². The zero-order valence-corrected chi connectivity index (χ0v) is 14.5. The second-order valence-corrected chi connectivity index (χ2v) is 5.35. The van der Waals surface area contributed by atoms with Gasteiger partial charge in [0.1, 0.15) is 0 Å². The molecule has 130 valence electrons. The minimum Gasteiger partial charge on any atom is -0.493 e. The van der Waals surface area contributed by atoms with Gasteiger partial charge in [-0.1, -0.05) is 12.1 Å². The van der Waals surface area contributed by atoms with Gasteiger partial charge in [-0.15, -0.1) is 0 Å². The lowest BCUT2D eigenvalue weighted by atomic mass is 10.0. The molecule has 2 aromatic rings. The first-order chi connectivity index (χ1) is 12.1. The minimum atomic E-state index is -0.199. The molecule has 0 saturated heterocycles. The molecule has 0 saturated carbocycles. The van der Waals surface area contributed by atoms with Crippen molar-refractivity contribution in [3.63, 3.8) is 0 Å². The lowest BCUT2D eigenvalue weighted by Gasteiger charge is -2.11. The largest absolute Gasteiger partial charge is 0.493 e. The van der Waals surface area contributed by atoms with Crippen LogP contribution in [-0.4, -0.2) is 34.3 Å². The zero-order valence-electron chi connectivity index (χ0n) is 14.5. The van der Waals surface area contributed by atoms with Crippen LogP contribution in [0.1, 0.15) is 11.1 Å². The molecule has 0 bridgehead atoms. The van der Waals surface area contributed by atoms with Crippen molar-refractivity contribution < 1.29 is 23.7 Å². The van der Waals surface area contributed by atoms with E-state index in [4.69, 9.17) is 18.9 Å². The monoisotopic (exact) mass is 341 g/mol. The van der Waals surface area contributed by atoms with Gasteiger partial charge in [-0.2, -0.15) is 0 Å². The van der Waals surface area contributed by atoms with Crippen molar-refractivity contribution >= 4 is 23.2 Å². The second-order valence-electron chi connectivity index (χ2n) is 5.35. The van der Waals surface area contributed by atoms with Gasteiger partial charge < -0.3 is 24.3 Å². The molecule has 0 atom stereocenters. The summed E-state index contributed by atoms with van der Waals surface area (Å²) in [6.07, 6.45) is 1.77.